The van der Waals surface area contributed by atoms with Crippen LogP contribution in [0.25, 0.3) is 5.57 Å². The number of nitrogens with zero attached hydrogens (tertiary/aromatic N) is 1. The Hall–Kier alpha value is -3.19. The molecule has 1 aromatic heterocycles. The van der Waals surface area contributed by atoms with Crippen LogP contribution in [-0.4, -0.2) is 42.9 Å². The first kappa shape index (κ1) is 34.0. The fraction of sp³-hybridized carbons (Fsp3) is 0.559. The third-order valence-electron chi connectivity index (χ3n) is 6.95. The average molecular weight is 567 g/mol. The van der Waals surface area contributed by atoms with Crippen molar-refractivity contribution in [3.05, 3.63) is 71.1 Å². The summed E-state index contributed by atoms with van der Waals surface area (Å²) in [7, 11) is 1.36. The molecule has 0 aliphatic rings. The minimum absolute atomic E-state index is 0.336. The number of hydrogen-bond donors (Lipinski definition) is 1. The van der Waals surface area contributed by atoms with Crippen LogP contribution in [-0.2, 0) is 19.8 Å². The summed E-state index contributed by atoms with van der Waals surface area (Å²) in [6.07, 6.45) is 10.3. The number of carbonyl (C=O) groups excluding carboxylic acids is 2. The van der Waals surface area contributed by atoms with Crippen LogP contribution >= 0.6 is 0 Å². The third-order valence-corrected chi connectivity index (χ3v) is 6.95. The zero-order chi connectivity index (χ0) is 30.5. The van der Waals surface area contributed by atoms with Crippen molar-refractivity contribution in [2.24, 2.45) is 0 Å². The van der Waals surface area contributed by atoms with Crippen LogP contribution in [0.1, 0.15) is 119 Å². The normalized spacial score (nSPS) is 11.7. The fourth-order valence-corrected chi connectivity index (χ4v) is 4.47. The van der Waals surface area contributed by atoms with Crippen molar-refractivity contribution in [1.82, 2.24) is 10.3 Å². The van der Waals surface area contributed by atoms with E-state index < -0.39 is 17.2 Å². The second kappa shape index (κ2) is 16.3. The van der Waals surface area contributed by atoms with Crippen molar-refractivity contribution in [3.63, 3.8) is 0 Å². The van der Waals surface area contributed by atoms with Gasteiger partial charge in [0.15, 0.2) is 0 Å². The van der Waals surface area contributed by atoms with Gasteiger partial charge in [-0.25, -0.2) is 9.59 Å². The highest BCUT2D eigenvalue weighted by Gasteiger charge is 2.23. The maximum Gasteiger partial charge on any atom is 0.407 e. The standard InChI is InChI=1S/C34H50N2O5/c1-25-17-19-28(23-29(25)26(2)30-20-18-27(24-36-30)31(37)39-8)34(6,7)40-22-16-14-12-10-9-11-13-15-21-35-32(38)41-33(3,4)5/h17-20,23-24H,2,9-16,21-22H2,1,3-8H3,(H,35,38). The lowest BCUT2D eigenvalue weighted by Crippen LogP contribution is -2.32. The monoisotopic (exact) mass is 566 g/mol. The number of aryl methyl sites for hydroxylation is 1. The van der Waals surface area contributed by atoms with Gasteiger partial charge in [-0.05, 0) is 89.3 Å². The smallest absolute Gasteiger partial charge is 0.407 e. The molecular weight excluding hydrogens is 516 g/mol. The molecule has 1 N–H and O–H groups in total. The van der Waals surface area contributed by atoms with Crippen LogP contribution < -0.4 is 5.32 Å². The Balaban J connectivity index is 1.70. The lowest BCUT2D eigenvalue weighted by atomic mass is 9.90. The first-order valence-corrected chi connectivity index (χ1v) is 14.8. The Bertz CT molecular complexity index is 1130. The number of hydrogen-bond acceptors (Lipinski definition) is 6. The highest BCUT2D eigenvalue weighted by atomic mass is 16.6. The van der Waals surface area contributed by atoms with E-state index in [0.717, 1.165) is 47.9 Å². The number of carbonyl (C=O) groups is 2. The predicted octanol–water partition coefficient (Wildman–Crippen LogP) is 8.14. The molecule has 2 rings (SSSR count). The number of pyridine rings is 1. The molecular formula is C34H50N2O5. The Morgan fingerprint density at radius 1 is 0.902 bits per heavy atom. The van der Waals surface area contributed by atoms with E-state index in [0.29, 0.717) is 24.4 Å². The molecule has 226 valence electrons. The Morgan fingerprint density at radius 3 is 2.12 bits per heavy atom. The van der Waals surface area contributed by atoms with E-state index in [9.17, 15) is 9.59 Å². The van der Waals surface area contributed by atoms with Crippen LogP contribution in [0, 0.1) is 6.92 Å². The van der Waals surface area contributed by atoms with Gasteiger partial charge in [-0.15, -0.1) is 0 Å². The Kier molecular flexibility index (Phi) is 13.5. The van der Waals surface area contributed by atoms with Gasteiger partial charge in [-0.2, -0.15) is 0 Å². The maximum atomic E-state index is 11.7. The van der Waals surface area contributed by atoms with Gasteiger partial charge < -0.3 is 19.5 Å². The second-order valence-corrected chi connectivity index (χ2v) is 12.0. The molecule has 2 aromatic rings. The van der Waals surface area contributed by atoms with Crippen LogP contribution in [0.2, 0.25) is 0 Å². The van der Waals surface area contributed by atoms with Crippen molar-refractivity contribution in [1.29, 1.82) is 0 Å². The third kappa shape index (κ3) is 12.1. The summed E-state index contributed by atoms with van der Waals surface area (Å²) < 4.78 is 16.3. The summed E-state index contributed by atoms with van der Waals surface area (Å²) in [5.74, 6) is -0.409. The van der Waals surface area contributed by atoms with Gasteiger partial charge in [0.25, 0.3) is 0 Å². The molecule has 0 fully saturated rings. The fourth-order valence-electron chi connectivity index (χ4n) is 4.47. The molecule has 1 heterocycles. The molecule has 0 spiro atoms. The second-order valence-electron chi connectivity index (χ2n) is 12.0. The minimum atomic E-state index is -0.452. The van der Waals surface area contributed by atoms with E-state index in [1.165, 1.54) is 39.0 Å². The Labute approximate surface area is 247 Å². The summed E-state index contributed by atoms with van der Waals surface area (Å²) in [5.41, 5.74) is 4.25. The maximum absolute atomic E-state index is 11.7. The van der Waals surface area contributed by atoms with E-state index in [-0.39, 0.29) is 6.09 Å². The number of benzene rings is 1. The Morgan fingerprint density at radius 2 is 1.54 bits per heavy atom. The molecule has 0 radical (unpaired) electrons. The molecule has 1 amide bonds. The number of ether oxygens (including phenoxy) is 3. The van der Waals surface area contributed by atoms with Crippen molar-refractivity contribution in [2.75, 3.05) is 20.3 Å². The molecule has 0 saturated carbocycles. The number of amides is 1. The van der Waals surface area contributed by atoms with Gasteiger partial charge in [-0.3, -0.25) is 4.98 Å². The van der Waals surface area contributed by atoms with Crippen LogP contribution in [0.4, 0.5) is 4.79 Å². The summed E-state index contributed by atoms with van der Waals surface area (Å²) in [6.45, 7) is 17.5. The lowest BCUT2D eigenvalue weighted by Gasteiger charge is -2.27. The predicted molar refractivity (Wildman–Crippen MR) is 165 cm³/mol. The molecule has 0 unspecified atom stereocenters. The van der Waals surface area contributed by atoms with Crippen molar-refractivity contribution in [2.45, 2.75) is 104 Å². The quantitative estimate of drug-likeness (QED) is 0.163. The van der Waals surface area contributed by atoms with Crippen molar-refractivity contribution < 1.29 is 23.8 Å². The van der Waals surface area contributed by atoms with Gasteiger partial charge in [0.2, 0.25) is 0 Å². The molecule has 0 aliphatic carbocycles. The average Bonchev–Trinajstić information content (AvgIpc) is 2.92. The zero-order valence-electron chi connectivity index (χ0n) is 26.2. The van der Waals surface area contributed by atoms with E-state index >= 15 is 0 Å². The summed E-state index contributed by atoms with van der Waals surface area (Å²) in [4.78, 5) is 27.8. The number of nitrogens with one attached hydrogen (secondary N) is 1. The van der Waals surface area contributed by atoms with Crippen molar-refractivity contribution in [3.8, 4) is 0 Å². The van der Waals surface area contributed by atoms with Gasteiger partial charge >= 0.3 is 12.1 Å². The SMILES string of the molecule is C=C(c1ccc(C(=O)OC)cn1)c1cc(C(C)(C)OCCCCCCCCCCNC(=O)OC(C)(C)C)ccc1C. The first-order chi connectivity index (χ1) is 19.3. The number of rotatable bonds is 16. The lowest BCUT2D eigenvalue weighted by molar-refractivity contribution is -0.0234. The van der Waals surface area contributed by atoms with E-state index in [4.69, 9.17) is 14.2 Å². The van der Waals surface area contributed by atoms with Crippen molar-refractivity contribution >= 4 is 17.6 Å². The molecule has 7 heteroatoms. The summed E-state index contributed by atoms with van der Waals surface area (Å²) in [6, 6.07) is 9.85. The molecule has 0 atom stereocenters. The van der Waals surface area contributed by atoms with E-state index in [1.807, 2.05) is 20.8 Å². The van der Waals surface area contributed by atoms with Gasteiger partial charge in [0, 0.05) is 24.9 Å². The highest BCUT2D eigenvalue weighted by Crippen LogP contribution is 2.31. The molecule has 0 saturated heterocycles. The van der Waals surface area contributed by atoms with Crippen LogP contribution in [0.5, 0.6) is 0 Å². The molecule has 0 aliphatic heterocycles. The molecule has 7 nitrogen and oxygen atoms in total. The summed E-state index contributed by atoms with van der Waals surface area (Å²) in [5, 5.41) is 2.82. The number of aromatic nitrogens is 1. The molecule has 0 bridgehead atoms. The molecule has 1 aromatic carbocycles. The van der Waals surface area contributed by atoms with Crippen LogP contribution in [0.3, 0.4) is 0 Å². The first-order valence-electron chi connectivity index (χ1n) is 14.8. The number of unbranched alkanes of at least 4 members (excludes halogenated alkanes) is 7. The molecule has 41 heavy (non-hydrogen) atoms. The number of alkyl carbamates (subject to hydrolysis) is 1. The largest absolute Gasteiger partial charge is 0.465 e. The number of esters is 1. The van der Waals surface area contributed by atoms with Gasteiger partial charge in [0.1, 0.15) is 5.60 Å². The topological polar surface area (TPSA) is 86.8 Å². The highest BCUT2D eigenvalue weighted by molar-refractivity contribution is 5.89. The van der Waals surface area contributed by atoms with E-state index in [1.54, 1.807) is 12.1 Å². The minimum Gasteiger partial charge on any atom is -0.465 e. The van der Waals surface area contributed by atoms with Gasteiger partial charge in [-0.1, -0.05) is 57.2 Å². The number of methoxy groups -OCH3 is 1. The van der Waals surface area contributed by atoms with Crippen LogP contribution in [0.15, 0.2) is 43.1 Å². The summed E-state index contributed by atoms with van der Waals surface area (Å²) >= 11 is 0. The van der Waals surface area contributed by atoms with Gasteiger partial charge in [0.05, 0.1) is 24.0 Å². The van der Waals surface area contributed by atoms with E-state index in [2.05, 4.69) is 55.9 Å². The zero-order valence-corrected chi connectivity index (χ0v) is 26.2.